The minimum absolute atomic E-state index is 0.102. The Bertz CT molecular complexity index is 2730. The van der Waals surface area contributed by atoms with Gasteiger partial charge in [-0.05, 0) is 86.3 Å². The zero-order chi connectivity index (χ0) is 43.5. The van der Waals surface area contributed by atoms with E-state index >= 15 is 8.78 Å². The van der Waals surface area contributed by atoms with Crippen molar-refractivity contribution in [1.29, 1.82) is 0 Å². The van der Waals surface area contributed by atoms with Gasteiger partial charge in [-0.1, -0.05) is 0 Å². The molecule has 8 heterocycles. The van der Waals surface area contributed by atoms with E-state index in [9.17, 15) is 26.3 Å². The zero-order valence-corrected chi connectivity index (χ0v) is 32.9. The molecule has 0 amide bonds. The van der Waals surface area contributed by atoms with Gasteiger partial charge in [0.05, 0.1) is 58.3 Å². The van der Waals surface area contributed by atoms with Gasteiger partial charge in [-0.2, -0.15) is 46.7 Å². The van der Waals surface area contributed by atoms with Crippen molar-refractivity contribution >= 4 is 21.8 Å². The Labute approximate surface area is 346 Å². The van der Waals surface area contributed by atoms with Crippen LogP contribution in [-0.4, -0.2) is 63.0 Å². The lowest BCUT2D eigenvalue weighted by atomic mass is 9.95. The molecule has 10 rings (SSSR count). The van der Waals surface area contributed by atoms with E-state index in [-0.39, 0.29) is 23.5 Å². The fraction of sp³-hybridized carbons (Fsp3) is 0.286. The van der Waals surface area contributed by atoms with E-state index in [0.717, 1.165) is 25.0 Å². The summed E-state index contributed by atoms with van der Waals surface area (Å²) in [6, 6.07) is 6.71. The van der Waals surface area contributed by atoms with Crippen molar-refractivity contribution in [3.05, 3.63) is 107 Å². The number of fused-ring (bicyclic) bond motifs is 2. The van der Waals surface area contributed by atoms with E-state index in [2.05, 4.69) is 51.2 Å². The average molecular weight is 861 g/mol. The maximum absolute atomic E-state index is 15.1. The quantitative estimate of drug-likeness (QED) is 0.121. The number of halogens is 8. The third-order valence-corrected chi connectivity index (χ3v) is 11.1. The molecular formula is C42H36F8N12. The molecule has 8 aromatic rings. The number of nitrogens with zero attached hydrogens (tertiary/aromatic N) is 8. The van der Waals surface area contributed by atoms with E-state index in [1.165, 1.54) is 36.7 Å². The van der Waals surface area contributed by atoms with Gasteiger partial charge in [-0.15, -0.1) is 0 Å². The van der Waals surface area contributed by atoms with Crippen molar-refractivity contribution in [2.45, 2.75) is 50.1 Å². The highest BCUT2D eigenvalue weighted by atomic mass is 19.4. The molecule has 0 saturated carbocycles. The fourth-order valence-corrected chi connectivity index (χ4v) is 8.20. The van der Waals surface area contributed by atoms with Crippen molar-refractivity contribution < 1.29 is 35.1 Å². The highest BCUT2D eigenvalue weighted by Gasteiger charge is 2.39. The van der Waals surface area contributed by atoms with Crippen LogP contribution >= 0.6 is 0 Å². The maximum Gasteiger partial charge on any atom is 0.417 e. The molecule has 2 fully saturated rings. The van der Waals surface area contributed by atoms with Gasteiger partial charge in [-0.3, -0.25) is 29.5 Å². The molecule has 2 saturated heterocycles. The van der Waals surface area contributed by atoms with E-state index in [4.69, 9.17) is 0 Å². The first-order valence-corrected chi connectivity index (χ1v) is 19.6. The minimum atomic E-state index is -4.73. The second-order valence-electron chi connectivity index (χ2n) is 15.3. The second-order valence-corrected chi connectivity index (χ2v) is 15.3. The van der Waals surface area contributed by atoms with Gasteiger partial charge < -0.3 is 10.6 Å². The standard InChI is InChI=1S/2C21H18F4N6/c2*1-31-10-12(8-28-31)20-13-7-17(27-9-18(13)29-30-20)19-14(21(23,24)25)5-11(6-15(19)22)16-3-2-4-26-16/h2*5-10,16,26H,2-4H2,1H3,(H,29,30). The summed E-state index contributed by atoms with van der Waals surface area (Å²) in [7, 11) is 3.49. The number of H-pyrrole nitrogens is 2. The molecule has 2 unspecified atom stereocenters. The van der Waals surface area contributed by atoms with E-state index in [0.29, 0.717) is 81.4 Å². The lowest BCUT2D eigenvalue weighted by Crippen LogP contribution is -2.16. The second kappa shape index (κ2) is 15.7. The summed E-state index contributed by atoms with van der Waals surface area (Å²) in [5.41, 5.74) is 0.650. The van der Waals surface area contributed by atoms with Crippen LogP contribution in [0.3, 0.4) is 0 Å². The molecule has 4 N–H and O–H groups in total. The van der Waals surface area contributed by atoms with E-state index < -0.39 is 46.2 Å². The molecule has 2 aromatic carbocycles. The van der Waals surface area contributed by atoms with Crippen LogP contribution in [0, 0.1) is 11.6 Å². The third-order valence-electron chi connectivity index (χ3n) is 11.1. The Hall–Kier alpha value is -6.54. The largest absolute Gasteiger partial charge is 0.417 e. The molecule has 0 bridgehead atoms. The van der Waals surface area contributed by atoms with Gasteiger partial charge >= 0.3 is 12.4 Å². The van der Waals surface area contributed by atoms with Gasteiger partial charge in [0.15, 0.2) is 0 Å². The number of benzene rings is 2. The maximum atomic E-state index is 15.1. The van der Waals surface area contributed by atoms with Gasteiger partial charge in [0.25, 0.3) is 0 Å². The van der Waals surface area contributed by atoms with Crippen LogP contribution in [-0.2, 0) is 26.4 Å². The summed E-state index contributed by atoms with van der Waals surface area (Å²) in [4.78, 5) is 8.21. The monoisotopic (exact) mass is 860 g/mol. The number of aromatic amines is 2. The summed E-state index contributed by atoms with van der Waals surface area (Å²) >= 11 is 0. The number of alkyl halides is 6. The van der Waals surface area contributed by atoms with E-state index in [1.54, 1.807) is 48.2 Å². The Morgan fingerprint density at radius 3 is 1.34 bits per heavy atom. The van der Waals surface area contributed by atoms with Gasteiger partial charge in [-0.25, -0.2) is 8.78 Å². The smallest absolute Gasteiger partial charge is 0.310 e. The molecule has 12 nitrogen and oxygen atoms in total. The molecule has 20 heteroatoms. The Morgan fingerprint density at radius 2 is 1.00 bits per heavy atom. The fourth-order valence-electron chi connectivity index (χ4n) is 8.20. The summed E-state index contributed by atoms with van der Waals surface area (Å²) in [5.74, 6) is -1.89. The number of hydrogen-bond donors (Lipinski definition) is 4. The summed E-state index contributed by atoms with van der Waals surface area (Å²) in [5, 5.41) is 29.6. The third kappa shape index (κ3) is 7.79. The van der Waals surface area contributed by atoms with Crippen molar-refractivity contribution in [3.63, 3.8) is 0 Å². The van der Waals surface area contributed by atoms with Gasteiger partial charge in [0.1, 0.15) is 23.0 Å². The van der Waals surface area contributed by atoms with Crippen LogP contribution in [0.5, 0.6) is 0 Å². The number of pyridine rings is 2. The Kier molecular flexibility index (Phi) is 10.4. The number of nitrogens with one attached hydrogen (secondary N) is 4. The van der Waals surface area contributed by atoms with Crippen LogP contribution in [0.1, 0.15) is 60.0 Å². The first-order valence-electron chi connectivity index (χ1n) is 19.6. The number of rotatable bonds is 6. The number of aryl methyl sites for hydroxylation is 2. The molecule has 6 aromatic heterocycles. The van der Waals surface area contributed by atoms with Crippen LogP contribution in [0.15, 0.2) is 73.6 Å². The molecule has 0 aliphatic carbocycles. The first kappa shape index (κ1) is 40.8. The van der Waals surface area contributed by atoms with Crippen molar-refractivity contribution in [2.24, 2.45) is 14.1 Å². The molecule has 0 radical (unpaired) electrons. The normalized spacial score (nSPS) is 17.0. The first-order chi connectivity index (χ1) is 29.6. The lowest BCUT2D eigenvalue weighted by Gasteiger charge is -2.18. The van der Waals surface area contributed by atoms with Crippen LogP contribution in [0.4, 0.5) is 35.1 Å². The SMILES string of the molecule is Cn1cc(-c2n[nH]c3cnc(-c4c(F)cc(C5CCCN5)cc4C(F)(F)F)cc23)cn1.Cn1cc(-c2n[nH]c3cnc(-c4c(F)cc(C5CCCN5)cc4C(F)(F)F)cc23)cn1. The molecule has 2 aliphatic rings. The highest BCUT2D eigenvalue weighted by molar-refractivity contribution is 5.95. The molecule has 320 valence electrons. The lowest BCUT2D eigenvalue weighted by molar-refractivity contribution is -0.138. The Balaban J connectivity index is 0.000000158. The molecule has 62 heavy (non-hydrogen) atoms. The van der Waals surface area contributed by atoms with E-state index in [1.807, 2.05) is 0 Å². The summed E-state index contributed by atoms with van der Waals surface area (Å²) in [6.07, 6.45) is 2.95. The zero-order valence-electron chi connectivity index (χ0n) is 32.9. The van der Waals surface area contributed by atoms with Crippen LogP contribution < -0.4 is 10.6 Å². The highest BCUT2D eigenvalue weighted by Crippen LogP contribution is 2.43. The predicted octanol–water partition coefficient (Wildman–Crippen LogP) is 9.22. The van der Waals surface area contributed by atoms with Crippen LogP contribution in [0.25, 0.3) is 66.8 Å². The Morgan fingerprint density at radius 1 is 0.581 bits per heavy atom. The molecular weight excluding hydrogens is 825 g/mol. The van der Waals surface area contributed by atoms with Crippen LogP contribution in [0.2, 0.25) is 0 Å². The molecule has 2 aliphatic heterocycles. The van der Waals surface area contributed by atoms with Gasteiger partial charge in [0.2, 0.25) is 0 Å². The van der Waals surface area contributed by atoms with Crippen molar-refractivity contribution in [2.75, 3.05) is 13.1 Å². The van der Waals surface area contributed by atoms with Gasteiger partial charge in [0, 0.05) is 71.6 Å². The number of hydrogen-bond acceptors (Lipinski definition) is 8. The topological polar surface area (TPSA) is 143 Å². The number of aromatic nitrogens is 10. The summed E-state index contributed by atoms with van der Waals surface area (Å²) in [6.45, 7) is 1.40. The summed E-state index contributed by atoms with van der Waals surface area (Å²) < 4.78 is 117. The minimum Gasteiger partial charge on any atom is -0.310 e. The van der Waals surface area contributed by atoms with Crippen molar-refractivity contribution in [3.8, 4) is 45.0 Å². The molecule has 0 spiro atoms. The van der Waals surface area contributed by atoms with Crippen molar-refractivity contribution in [1.82, 2.24) is 60.6 Å². The average Bonchev–Trinajstić information content (AvgIpc) is 4.09. The predicted molar refractivity (Wildman–Crippen MR) is 213 cm³/mol. The molecule has 2 atom stereocenters.